The topological polar surface area (TPSA) is 32.3 Å². The van der Waals surface area contributed by atoms with E-state index in [0.29, 0.717) is 22.2 Å². The van der Waals surface area contributed by atoms with Crippen molar-refractivity contribution in [2.24, 2.45) is 0 Å². The third kappa shape index (κ3) is 4.70. The van der Waals surface area contributed by atoms with Crippen LogP contribution in [0.15, 0.2) is 46.9 Å². The van der Waals surface area contributed by atoms with Gasteiger partial charge in [0.25, 0.3) is 0 Å². The second-order valence-corrected chi connectivity index (χ2v) is 6.63. The monoisotopic (exact) mass is 387 g/mol. The molecule has 2 aromatic rings. The lowest BCUT2D eigenvalue weighted by molar-refractivity contribution is 0.171. The van der Waals surface area contributed by atoms with Crippen molar-refractivity contribution in [1.82, 2.24) is 5.32 Å². The first-order valence-corrected chi connectivity index (χ1v) is 8.14. The number of nitrogens with one attached hydrogen (secondary N) is 1. The lowest BCUT2D eigenvalue weighted by atomic mass is 10.1. The Bertz CT molecular complexity index is 621. The van der Waals surface area contributed by atoms with E-state index in [1.54, 1.807) is 18.2 Å². The van der Waals surface area contributed by atoms with Gasteiger partial charge < -0.3 is 10.4 Å². The molecule has 0 aromatic heterocycles. The van der Waals surface area contributed by atoms with Crippen LogP contribution in [-0.2, 0) is 0 Å². The van der Waals surface area contributed by atoms with E-state index in [1.165, 1.54) is 0 Å². The van der Waals surface area contributed by atoms with Crippen LogP contribution in [0.5, 0.6) is 0 Å². The Morgan fingerprint density at radius 1 is 1.19 bits per heavy atom. The van der Waals surface area contributed by atoms with Crippen LogP contribution >= 0.6 is 39.1 Å². The highest BCUT2D eigenvalue weighted by molar-refractivity contribution is 9.10. The third-order valence-corrected chi connectivity index (χ3v) is 4.36. The van der Waals surface area contributed by atoms with Gasteiger partial charge in [-0.05, 0) is 42.8 Å². The molecule has 0 fully saturated rings. The van der Waals surface area contributed by atoms with Crippen LogP contribution in [0.3, 0.4) is 0 Å². The van der Waals surface area contributed by atoms with Crippen molar-refractivity contribution in [2.45, 2.75) is 19.1 Å². The second kappa shape index (κ2) is 7.61. The smallest absolute Gasteiger partial charge is 0.0929 e. The molecular formula is C16H16BrCl2NO. The van der Waals surface area contributed by atoms with E-state index in [1.807, 2.05) is 25.1 Å². The number of halogens is 3. The van der Waals surface area contributed by atoms with Crippen molar-refractivity contribution >= 4 is 39.1 Å². The van der Waals surface area contributed by atoms with Gasteiger partial charge in [0.2, 0.25) is 0 Å². The van der Waals surface area contributed by atoms with Crippen molar-refractivity contribution in [3.8, 4) is 0 Å². The Morgan fingerprint density at radius 2 is 1.95 bits per heavy atom. The van der Waals surface area contributed by atoms with E-state index >= 15 is 0 Å². The van der Waals surface area contributed by atoms with Gasteiger partial charge in [-0.15, -0.1) is 0 Å². The number of aliphatic hydroxyl groups excluding tert-OH is 1. The van der Waals surface area contributed by atoms with Crippen LogP contribution in [0, 0.1) is 0 Å². The normalized spacial score (nSPS) is 14.0. The molecule has 0 radical (unpaired) electrons. The average Bonchev–Trinajstić information content (AvgIpc) is 2.47. The summed E-state index contributed by atoms with van der Waals surface area (Å²) in [7, 11) is 0. The molecule has 2 aromatic carbocycles. The fourth-order valence-corrected chi connectivity index (χ4v) is 2.90. The molecule has 0 bridgehead atoms. The van der Waals surface area contributed by atoms with Gasteiger partial charge in [0.1, 0.15) is 0 Å². The quantitative estimate of drug-likeness (QED) is 0.743. The zero-order chi connectivity index (χ0) is 15.4. The van der Waals surface area contributed by atoms with Crippen LogP contribution in [0.4, 0.5) is 0 Å². The molecule has 5 heteroatoms. The van der Waals surface area contributed by atoms with Crippen LogP contribution in [0.2, 0.25) is 10.0 Å². The highest BCUT2D eigenvalue weighted by atomic mass is 79.9. The van der Waals surface area contributed by atoms with Crippen LogP contribution in [-0.4, -0.2) is 11.7 Å². The van der Waals surface area contributed by atoms with Gasteiger partial charge in [-0.3, -0.25) is 0 Å². The summed E-state index contributed by atoms with van der Waals surface area (Å²) in [5, 5.41) is 14.6. The molecule has 0 spiro atoms. The van der Waals surface area contributed by atoms with Gasteiger partial charge in [-0.2, -0.15) is 0 Å². The second-order valence-electron chi connectivity index (χ2n) is 4.87. The van der Waals surface area contributed by atoms with Crippen LogP contribution in [0.1, 0.15) is 30.2 Å². The summed E-state index contributed by atoms with van der Waals surface area (Å²) in [4.78, 5) is 0. The number of rotatable bonds is 5. The molecule has 2 N–H and O–H groups in total. The molecule has 2 atom stereocenters. The zero-order valence-electron chi connectivity index (χ0n) is 11.5. The van der Waals surface area contributed by atoms with Crippen molar-refractivity contribution in [2.75, 3.05) is 6.54 Å². The van der Waals surface area contributed by atoms with E-state index in [-0.39, 0.29) is 6.04 Å². The van der Waals surface area contributed by atoms with Gasteiger partial charge in [-0.1, -0.05) is 51.3 Å². The fraction of sp³-hybridized carbons (Fsp3) is 0.250. The summed E-state index contributed by atoms with van der Waals surface area (Å²) in [5.41, 5.74) is 1.78. The molecule has 0 heterocycles. The minimum Gasteiger partial charge on any atom is -0.387 e. The maximum Gasteiger partial charge on any atom is 0.0929 e. The summed E-state index contributed by atoms with van der Waals surface area (Å²) in [5.74, 6) is 0. The lowest BCUT2D eigenvalue weighted by Crippen LogP contribution is -2.24. The Balaban J connectivity index is 2.00. The van der Waals surface area contributed by atoms with Crippen molar-refractivity contribution in [1.29, 1.82) is 0 Å². The van der Waals surface area contributed by atoms with Crippen molar-refractivity contribution < 1.29 is 5.11 Å². The van der Waals surface area contributed by atoms with E-state index in [2.05, 4.69) is 27.3 Å². The standard InChI is InChI=1S/C16H16BrCl2NO/c1-10(11-3-2-4-12(17)7-11)20-9-16(21)14-8-13(18)5-6-15(14)19/h2-8,10,16,20-21H,9H2,1H3/t10-,16?/m1/s1. The van der Waals surface area contributed by atoms with Gasteiger partial charge in [-0.25, -0.2) is 0 Å². The fourth-order valence-electron chi connectivity index (χ4n) is 2.06. The highest BCUT2D eigenvalue weighted by Gasteiger charge is 2.14. The summed E-state index contributed by atoms with van der Waals surface area (Å²) in [6.45, 7) is 2.45. The van der Waals surface area contributed by atoms with Crippen molar-refractivity contribution in [3.63, 3.8) is 0 Å². The maximum absolute atomic E-state index is 10.3. The molecule has 0 aliphatic heterocycles. The predicted molar refractivity (Wildman–Crippen MR) is 92.0 cm³/mol. The molecule has 0 aliphatic rings. The minimum absolute atomic E-state index is 0.120. The molecule has 1 unspecified atom stereocenters. The Labute approximate surface area is 143 Å². The molecule has 2 rings (SSSR count). The largest absolute Gasteiger partial charge is 0.387 e. The molecule has 0 amide bonds. The van der Waals surface area contributed by atoms with E-state index in [0.717, 1.165) is 10.0 Å². The molecule has 0 saturated carbocycles. The molecule has 0 saturated heterocycles. The zero-order valence-corrected chi connectivity index (χ0v) is 14.6. The Kier molecular flexibility index (Phi) is 6.08. The average molecular weight is 389 g/mol. The van der Waals surface area contributed by atoms with E-state index in [9.17, 15) is 5.11 Å². The van der Waals surface area contributed by atoms with Crippen molar-refractivity contribution in [3.05, 3.63) is 68.1 Å². The van der Waals surface area contributed by atoms with Gasteiger partial charge in [0.15, 0.2) is 0 Å². The number of hydrogen-bond donors (Lipinski definition) is 2. The van der Waals surface area contributed by atoms with Gasteiger partial charge in [0, 0.05) is 32.7 Å². The molecule has 112 valence electrons. The van der Waals surface area contributed by atoms with E-state index in [4.69, 9.17) is 23.2 Å². The lowest BCUT2D eigenvalue weighted by Gasteiger charge is -2.19. The van der Waals surface area contributed by atoms with Crippen LogP contribution in [0.25, 0.3) is 0 Å². The maximum atomic E-state index is 10.3. The molecule has 2 nitrogen and oxygen atoms in total. The van der Waals surface area contributed by atoms with Crippen LogP contribution < -0.4 is 5.32 Å². The third-order valence-electron chi connectivity index (χ3n) is 3.28. The predicted octanol–water partition coefficient (Wildman–Crippen LogP) is 5.14. The Morgan fingerprint density at radius 3 is 2.67 bits per heavy atom. The number of benzene rings is 2. The summed E-state index contributed by atoms with van der Waals surface area (Å²) in [6, 6.07) is 13.3. The Hall–Kier alpha value is -0.580. The SMILES string of the molecule is C[C@@H](NCC(O)c1cc(Cl)ccc1Cl)c1cccc(Br)c1. The van der Waals surface area contributed by atoms with Gasteiger partial charge >= 0.3 is 0 Å². The molecule has 21 heavy (non-hydrogen) atoms. The first-order valence-electron chi connectivity index (χ1n) is 6.59. The van der Waals surface area contributed by atoms with Gasteiger partial charge in [0.05, 0.1) is 6.10 Å². The first-order chi connectivity index (χ1) is 9.97. The molecule has 0 aliphatic carbocycles. The summed E-state index contributed by atoms with van der Waals surface area (Å²) in [6.07, 6.45) is -0.703. The first kappa shape index (κ1) is 16.8. The molecular weight excluding hydrogens is 373 g/mol. The minimum atomic E-state index is -0.703. The summed E-state index contributed by atoms with van der Waals surface area (Å²) < 4.78 is 1.03. The van der Waals surface area contributed by atoms with E-state index < -0.39 is 6.10 Å². The highest BCUT2D eigenvalue weighted by Crippen LogP contribution is 2.26. The summed E-state index contributed by atoms with van der Waals surface area (Å²) >= 11 is 15.5. The number of aliphatic hydroxyl groups is 1. The number of hydrogen-bond acceptors (Lipinski definition) is 2.